The zero-order chi connectivity index (χ0) is 25.3. The summed E-state index contributed by atoms with van der Waals surface area (Å²) in [6, 6.07) is 7.22. The molecule has 0 aromatic heterocycles. The molecular weight excluding hydrogens is 502 g/mol. The Morgan fingerprint density at radius 2 is 1.69 bits per heavy atom. The first-order valence-corrected chi connectivity index (χ1v) is 14.7. The van der Waals surface area contributed by atoms with Crippen molar-refractivity contribution in [2.24, 2.45) is 5.92 Å². The molecule has 1 unspecified atom stereocenters. The second-order valence-electron chi connectivity index (χ2n) is 9.94. The lowest BCUT2D eigenvalue weighted by atomic mass is 9.82. The van der Waals surface area contributed by atoms with Crippen LogP contribution in [0.15, 0.2) is 24.3 Å². The Kier molecular flexibility index (Phi) is 12.6. The van der Waals surface area contributed by atoms with Gasteiger partial charge in [0.05, 0.1) is 12.9 Å². The largest absolute Gasteiger partial charge is 0.468 e. The molecule has 204 valence electrons. The fraction of sp³-hybridized carbons (Fsp3) is 0.692. The number of sulfonamides is 1. The van der Waals surface area contributed by atoms with Gasteiger partial charge in [0, 0.05) is 11.6 Å². The van der Waals surface area contributed by atoms with Gasteiger partial charge in [0.2, 0.25) is 10.0 Å². The van der Waals surface area contributed by atoms with Crippen molar-refractivity contribution >= 4 is 34.3 Å². The van der Waals surface area contributed by atoms with E-state index in [0.29, 0.717) is 24.3 Å². The van der Waals surface area contributed by atoms with Gasteiger partial charge < -0.3 is 15.4 Å². The monoisotopic (exact) mass is 543 g/mol. The van der Waals surface area contributed by atoms with Crippen molar-refractivity contribution in [2.75, 3.05) is 26.0 Å². The lowest BCUT2D eigenvalue weighted by molar-refractivity contribution is -0.143. The van der Waals surface area contributed by atoms with Crippen LogP contribution in [0.1, 0.15) is 86.6 Å². The molecule has 3 N–H and O–H groups in total. The maximum atomic E-state index is 12.8. The minimum atomic E-state index is -3.53. The van der Waals surface area contributed by atoms with E-state index in [4.69, 9.17) is 4.74 Å². The third-order valence-electron chi connectivity index (χ3n) is 7.31. The lowest BCUT2D eigenvalue weighted by Gasteiger charge is -2.31. The number of carbonyl (C=O) groups excluding carboxylic acids is 2. The van der Waals surface area contributed by atoms with Crippen molar-refractivity contribution in [2.45, 2.75) is 82.7 Å². The summed E-state index contributed by atoms with van der Waals surface area (Å²) in [5.74, 6) is 0.170. The van der Waals surface area contributed by atoms with Gasteiger partial charge in [-0.05, 0) is 94.0 Å². The molecule has 3 rings (SSSR count). The highest BCUT2D eigenvalue weighted by molar-refractivity contribution is 7.89. The molecule has 1 heterocycles. The number of rotatable bonds is 11. The van der Waals surface area contributed by atoms with Crippen LogP contribution in [0.5, 0.6) is 0 Å². The van der Waals surface area contributed by atoms with Gasteiger partial charge in [0.15, 0.2) is 0 Å². The van der Waals surface area contributed by atoms with Crippen LogP contribution in [0, 0.1) is 5.92 Å². The first-order chi connectivity index (χ1) is 16.8. The van der Waals surface area contributed by atoms with Gasteiger partial charge in [-0.15, -0.1) is 12.4 Å². The molecule has 1 amide bonds. The fourth-order valence-corrected chi connectivity index (χ4v) is 6.56. The molecule has 0 spiro atoms. The van der Waals surface area contributed by atoms with E-state index in [1.54, 1.807) is 0 Å². The van der Waals surface area contributed by atoms with Crippen LogP contribution in [0.3, 0.4) is 0 Å². The number of amides is 1. The number of piperidine rings is 1. The van der Waals surface area contributed by atoms with Crippen LogP contribution in [0.25, 0.3) is 0 Å². The van der Waals surface area contributed by atoms with E-state index >= 15 is 0 Å². The molecule has 1 aliphatic heterocycles. The molecule has 2 aliphatic rings. The van der Waals surface area contributed by atoms with Gasteiger partial charge in [-0.2, -0.15) is 0 Å². The quantitative estimate of drug-likeness (QED) is 0.368. The lowest BCUT2D eigenvalue weighted by Crippen LogP contribution is -2.44. The molecule has 1 aromatic carbocycles. The number of esters is 1. The summed E-state index contributed by atoms with van der Waals surface area (Å²) in [5.41, 5.74) is 1.98. The summed E-state index contributed by atoms with van der Waals surface area (Å²) < 4.78 is 32.0. The van der Waals surface area contributed by atoms with E-state index in [1.165, 1.54) is 12.7 Å². The van der Waals surface area contributed by atoms with Gasteiger partial charge in [-0.25, -0.2) is 13.1 Å². The summed E-state index contributed by atoms with van der Waals surface area (Å²) in [6.07, 6.45) is 7.25. The van der Waals surface area contributed by atoms with E-state index in [2.05, 4.69) is 27.5 Å². The van der Waals surface area contributed by atoms with E-state index in [-0.39, 0.29) is 36.0 Å². The molecule has 8 nitrogen and oxygen atoms in total. The molecule has 1 saturated heterocycles. The smallest absolute Gasteiger partial charge is 0.323 e. The molecule has 1 aliphatic carbocycles. The molecule has 0 radical (unpaired) electrons. The maximum absolute atomic E-state index is 12.8. The fourth-order valence-electron chi connectivity index (χ4n) is 5.15. The van der Waals surface area contributed by atoms with Crippen molar-refractivity contribution < 1.29 is 22.7 Å². The molecule has 36 heavy (non-hydrogen) atoms. The number of nitrogens with one attached hydrogen (secondary N) is 3. The van der Waals surface area contributed by atoms with Crippen molar-refractivity contribution in [1.29, 1.82) is 0 Å². The number of halogens is 1. The van der Waals surface area contributed by atoms with Crippen molar-refractivity contribution in [3.05, 3.63) is 35.4 Å². The predicted molar refractivity (Wildman–Crippen MR) is 144 cm³/mol. The highest BCUT2D eigenvalue weighted by atomic mass is 35.5. The predicted octanol–water partition coefficient (Wildman–Crippen LogP) is 3.52. The van der Waals surface area contributed by atoms with Gasteiger partial charge in [-0.3, -0.25) is 9.59 Å². The van der Waals surface area contributed by atoms with Crippen LogP contribution < -0.4 is 15.4 Å². The van der Waals surface area contributed by atoms with Crippen molar-refractivity contribution in [1.82, 2.24) is 15.4 Å². The molecule has 1 atom stereocenters. The van der Waals surface area contributed by atoms with Crippen LogP contribution in [-0.4, -0.2) is 58.3 Å². The van der Waals surface area contributed by atoms with E-state index in [9.17, 15) is 18.0 Å². The summed E-state index contributed by atoms with van der Waals surface area (Å²) in [4.78, 5) is 25.0. The minimum Gasteiger partial charge on any atom is -0.468 e. The van der Waals surface area contributed by atoms with Crippen LogP contribution >= 0.6 is 12.4 Å². The molecule has 1 saturated carbocycles. The number of methoxy groups -OCH3 is 1. The standard InChI is InChI=1S/C26H41N3O5S.ClH/c1-3-4-17-35(32,33)29-24(26(31)34-2)18-19-5-11-23(12-6-19)28-25(30)22-9-7-20(8-10-22)21-13-15-27-16-14-21;/h7-10,19,21,23-24,27,29H,3-6,11-18H2,1-2H3,(H,28,30);1H. The van der Waals surface area contributed by atoms with Crippen LogP contribution in [0.4, 0.5) is 0 Å². The Morgan fingerprint density at radius 3 is 2.28 bits per heavy atom. The van der Waals surface area contributed by atoms with Gasteiger partial charge in [0.25, 0.3) is 5.91 Å². The average Bonchev–Trinajstić information content (AvgIpc) is 2.88. The SMILES string of the molecule is CCCCS(=O)(=O)NC(CC1CCC(NC(=O)c2ccc(C3CCNCC3)cc2)CC1)C(=O)OC.Cl. The second kappa shape index (κ2) is 14.9. The third-order valence-corrected chi connectivity index (χ3v) is 8.78. The molecular formula is C26H42ClN3O5S. The zero-order valence-electron chi connectivity index (χ0n) is 21.5. The number of benzene rings is 1. The highest BCUT2D eigenvalue weighted by Gasteiger charge is 2.31. The normalized spacial score (nSPS) is 21.7. The van der Waals surface area contributed by atoms with E-state index in [1.807, 2.05) is 19.1 Å². The second-order valence-corrected chi connectivity index (χ2v) is 11.8. The third kappa shape index (κ3) is 9.32. The first-order valence-electron chi connectivity index (χ1n) is 13.0. The number of carbonyl (C=O) groups is 2. The Bertz CT molecular complexity index is 927. The van der Waals surface area contributed by atoms with Gasteiger partial charge in [0.1, 0.15) is 6.04 Å². The van der Waals surface area contributed by atoms with Gasteiger partial charge in [-0.1, -0.05) is 25.5 Å². The number of hydrogen-bond donors (Lipinski definition) is 3. The average molecular weight is 544 g/mol. The Hall–Kier alpha value is -1.68. The van der Waals surface area contributed by atoms with E-state index in [0.717, 1.165) is 58.0 Å². The molecule has 10 heteroatoms. The summed E-state index contributed by atoms with van der Waals surface area (Å²) in [7, 11) is -2.25. The number of ether oxygens (including phenoxy) is 1. The summed E-state index contributed by atoms with van der Waals surface area (Å²) >= 11 is 0. The molecule has 1 aromatic rings. The molecule has 0 bridgehead atoms. The highest BCUT2D eigenvalue weighted by Crippen LogP contribution is 2.29. The zero-order valence-corrected chi connectivity index (χ0v) is 23.1. The molecule has 2 fully saturated rings. The van der Waals surface area contributed by atoms with Crippen LogP contribution in [-0.2, 0) is 19.6 Å². The summed E-state index contributed by atoms with van der Waals surface area (Å²) in [5, 5.41) is 6.53. The van der Waals surface area contributed by atoms with Gasteiger partial charge >= 0.3 is 5.97 Å². The minimum absolute atomic E-state index is 0. The summed E-state index contributed by atoms with van der Waals surface area (Å²) in [6.45, 7) is 4.01. The van der Waals surface area contributed by atoms with Crippen molar-refractivity contribution in [3.8, 4) is 0 Å². The van der Waals surface area contributed by atoms with Crippen molar-refractivity contribution in [3.63, 3.8) is 0 Å². The first kappa shape index (κ1) is 30.5. The topological polar surface area (TPSA) is 114 Å². The maximum Gasteiger partial charge on any atom is 0.323 e. The number of hydrogen-bond acceptors (Lipinski definition) is 6. The Labute approximate surface area is 222 Å². The number of unbranched alkanes of at least 4 members (excludes halogenated alkanes) is 1. The van der Waals surface area contributed by atoms with E-state index < -0.39 is 22.0 Å². The Morgan fingerprint density at radius 1 is 1.06 bits per heavy atom. The Balaban J connectivity index is 0.00000456. The van der Waals surface area contributed by atoms with Crippen LogP contribution in [0.2, 0.25) is 0 Å².